The van der Waals surface area contributed by atoms with Crippen molar-refractivity contribution in [3.63, 3.8) is 0 Å². The molecule has 0 spiro atoms. The van der Waals surface area contributed by atoms with Crippen LogP contribution in [0.25, 0.3) is 0 Å². The smallest absolute Gasteiger partial charge is 0.404 e. The first kappa shape index (κ1) is 25.9. The zero-order valence-corrected chi connectivity index (χ0v) is 20.4. The highest BCUT2D eigenvalue weighted by molar-refractivity contribution is 6.37. The van der Waals surface area contributed by atoms with Gasteiger partial charge in [-0.3, -0.25) is 4.79 Å². The molecule has 0 saturated carbocycles. The van der Waals surface area contributed by atoms with E-state index < -0.39 is 12.0 Å². The summed E-state index contributed by atoms with van der Waals surface area (Å²) in [6, 6.07) is 10.9. The maximum Gasteiger partial charge on any atom is 0.404 e. The van der Waals surface area contributed by atoms with Crippen LogP contribution < -0.4 is 14.8 Å². The Morgan fingerprint density at radius 3 is 2.32 bits per heavy atom. The van der Waals surface area contributed by atoms with Crippen molar-refractivity contribution in [1.29, 1.82) is 0 Å². The Labute approximate surface area is 208 Å². The fourth-order valence-corrected chi connectivity index (χ4v) is 4.34. The molecule has 0 aliphatic carbocycles. The Balaban J connectivity index is 1.52. The first-order chi connectivity index (χ1) is 16.3. The van der Waals surface area contributed by atoms with E-state index in [1.54, 1.807) is 17.0 Å². The Bertz CT molecular complexity index is 957. The molecule has 2 N–H and O–H groups in total. The third-order valence-corrected chi connectivity index (χ3v) is 5.88. The molecule has 8 nitrogen and oxygen atoms in total. The summed E-state index contributed by atoms with van der Waals surface area (Å²) in [4.78, 5) is 25.6. The maximum absolute atomic E-state index is 12.9. The largest absolute Gasteiger partial charge is 0.490 e. The van der Waals surface area contributed by atoms with Gasteiger partial charge in [0.2, 0.25) is 5.91 Å². The number of hydrogen-bond donors (Lipinski definition) is 2. The second-order valence-corrected chi connectivity index (χ2v) is 8.74. The number of carbonyl (C=O) groups excluding carboxylic acids is 1. The summed E-state index contributed by atoms with van der Waals surface area (Å²) in [6.07, 6.45) is -0.747. The minimum Gasteiger partial charge on any atom is -0.490 e. The molecule has 0 bridgehead atoms. The standard InChI is InChI=1S/C24H28Cl2N2O6/c1-16-12-20(25)22(21(26)13-16)34-11-10-33-19-4-2-17(3-5-19)14-18(15-27-24(30)31)23(29)28-6-8-32-9-7-28/h2-5,12-13,18,27H,6-11,14-15H2,1H3,(H,30,31). The molecule has 184 valence electrons. The zero-order chi connectivity index (χ0) is 24.5. The number of hydrogen-bond acceptors (Lipinski definition) is 5. The van der Waals surface area contributed by atoms with Crippen LogP contribution in [0, 0.1) is 12.8 Å². The fourth-order valence-electron chi connectivity index (χ4n) is 3.63. The average Bonchev–Trinajstić information content (AvgIpc) is 2.81. The number of halogens is 2. The molecule has 0 radical (unpaired) electrons. The Morgan fingerprint density at radius 1 is 1.09 bits per heavy atom. The number of nitrogens with one attached hydrogen (secondary N) is 1. The molecule has 1 aliphatic rings. The summed E-state index contributed by atoms with van der Waals surface area (Å²) in [7, 11) is 0. The summed E-state index contributed by atoms with van der Waals surface area (Å²) in [6.45, 7) is 4.50. The van der Waals surface area contributed by atoms with Gasteiger partial charge in [-0.1, -0.05) is 35.3 Å². The van der Waals surface area contributed by atoms with Crippen molar-refractivity contribution in [1.82, 2.24) is 10.2 Å². The van der Waals surface area contributed by atoms with E-state index in [1.807, 2.05) is 31.2 Å². The lowest BCUT2D eigenvalue weighted by Gasteiger charge is -2.30. The van der Waals surface area contributed by atoms with Crippen molar-refractivity contribution >= 4 is 35.2 Å². The second kappa shape index (κ2) is 12.7. The predicted molar refractivity (Wildman–Crippen MR) is 129 cm³/mol. The van der Waals surface area contributed by atoms with Crippen LogP contribution in [0.3, 0.4) is 0 Å². The molecule has 1 aliphatic heterocycles. The highest BCUT2D eigenvalue weighted by Gasteiger charge is 2.26. The lowest BCUT2D eigenvalue weighted by Crippen LogP contribution is -2.47. The molecule has 0 aromatic heterocycles. The van der Waals surface area contributed by atoms with Gasteiger partial charge in [0.25, 0.3) is 0 Å². The molecule has 34 heavy (non-hydrogen) atoms. The van der Waals surface area contributed by atoms with Crippen LogP contribution in [0.1, 0.15) is 11.1 Å². The van der Waals surface area contributed by atoms with E-state index in [-0.39, 0.29) is 19.1 Å². The summed E-state index contributed by atoms with van der Waals surface area (Å²) in [5.41, 5.74) is 1.85. The number of amides is 2. The van der Waals surface area contributed by atoms with Crippen LogP contribution in [0.2, 0.25) is 10.0 Å². The van der Waals surface area contributed by atoms with E-state index in [0.717, 1.165) is 11.1 Å². The number of aryl methyl sites for hydroxylation is 1. The molecule has 1 unspecified atom stereocenters. The van der Waals surface area contributed by atoms with Gasteiger partial charge in [0, 0.05) is 19.6 Å². The van der Waals surface area contributed by atoms with Gasteiger partial charge in [0.1, 0.15) is 19.0 Å². The quantitative estimate of drug-likeness (QED) is 0.468. The summed E-state index contributed by atoms with van der Waals surface area (Å²) in [5, 5.41) is 12.2. The molecule has 2 aromatic carbocycles. The Hall–Kier alpha value is -2.68. The molecular formula is C24H28Cl2N2O6. The van der Waals surface area contributed by atoms with Gasteiger partial charge >= 0.3 is 6.09 Å². The first-order valence-electron chi connectivity index (χ1n) is 11.0. The number of ether oxygens (including phenoxy) is 3. The number of benzene rings is 2. The minimum atomic E-state index is -1.15. The van der Waals surface area contributed by atoms with Crippen molar-refractivity contribution < 1.29 is 28.9 Å². The molecule has 10 heteroatoms. The lowest BCUT2D eigenvalue weighted by atomic mass is 9.97. The van der Waals surface area contributed by atoms with E-state index in [1.165, 1.54) is 0 Å². The molecule has 1 fully saturated rings. The Kier molecular flexibility index (Phi) is 9.68. The van der Waals surface area contributed by atoms with Gasteiger partial charge in [-0.05, 0) is 48.7 Å². The molecular weight excluding hydrogens is 483 g/mol. The highest BCUT2D eigenvalue weighted by atomic mass is 35.5. The number of nitrogens with zero attached hydrogens (tertiary/aromatic N) is 1. The van der Waals surface area contributed by atoms with Crippen LogP contribution in [0.15, 0.2) is 36.4 Å². The maximum atomic E-state index is 12.9. The van der Waals surface area contributed by atoms with E-state index in [4.69, 9.17) is 42.5 Å². The van der Waals surface area contributed by atoms with Gasteiger partial charge in [-0.2, -0.15) is 0 Å². The zero-order valence-electron chi connectivity index (χ0n) is 18.9. The number of carboxylic acid groups (broad SMARTS) is 1. The van der Waals surface area contributed by atoms with E-state index in [2.05, 4.69) is 5.32 Å². The van der Waals surface area contributed by atoms with E-state index >= 15 is 0 Å². The number of carbonyl (C=O) groups is 2. The first-order valence-corrected chi connectivity index (χ1v) is 11.7. The molecule has 1 atom stereocenters. The van der Waals surface area contributed by atoms with Gasteiger partial charge in [0.05, 0.1) is 29.2 Å². The van der Waals surface area contributed by atoms with Gasteiger partial charge in [-0.25, -0.2) is 4.79 Å². The average molecular weight is 511 g/mol. The minimum absolute atomic E-state index is 0.0469. The van der Waals surface area contributed by atoms with Crippen LogP contribution in [-0.2, 0) is 16.0 Å². The van der Waals surface area contributed by atoms with Crippen molar-refractivity contribution in [3.05, 3.63) is 57.6 Å². The number of morpholine rings is 1. The highest BCUT2D eigenvalue weighted by Crippen LogP contribution is 2.33. The van der Waals surface area contributed by atoms with E-state index in [0.29, 0.717) is 60.9 Å². The molecule has 2 amide bonds. The monoisotopic (exact) mass is 510 g/mol. The molecule has 2 aromatic rings. The normalized spacial score (nSPS) is 14.4. The van der Waals surface area contributed by atoms with Crippen molar-refractivity contribution in [2.24, 2.45) is 5.92 Å². The van der Waals surface area contributed by atoms with Crippen molar-refractivity contribution in [2.75, 3.05) is 46.1 Å². The van der Waals surface area contributed by atoms with Crippen LogP contribution in [0.4, 0.5) is 4.79 Å². The van der Waals surface area contributed by atoms with Crippen LogP contribution >= 0.6 is 23.2 Å². The predicted octanol–water partition coefficient (Wildman–Crippen LogP) is 4.04. The summed E-state index contributed by atoms with van der Waals surface area (Å²) in [5.74, 6) is 0.494. The van der Waals surface area contributed by atoms with Crippen LogP contribution in [-0.4, -0.2) is 68.1 Å². The molecule has 1 saturated heterocycles. The second-order valence-electron chi connectivity index (χ2n) is 7.92. The van der Waals surface area contributed by atoms with Crippen molar-refractivity contribution in [2.45, 2.75) is 13.3 Å². The lowest BCUT2D eigenvalue weighted by molar-refractivity contribution is -0.139. The van der Waals surface area contributed by atoms with Crippen LogP contribution in [0.5, 0.6) is 11.5 Å². The molecule has 3 rings (SSSR count). The topological polar surface area (TPSA) is 97.3 Å². The summed E-state index contributed by atoms with van der Waals surface area (Å²) >= 11 is 12.4. The third-order valence-electron chi connectivity index (χ3n) is 5.32. The fraction of sp³-hybridized carbons (Fsp3) is 0.417. The van der Waals surface area contributed by atoms with E-state index in [9.17, 15) is 9.59 Å². The van der Waals surface area contributed by atoms with Gasteiger partial charge in [-0.15, -0.1) is 0 Å². The van der Waals surface area contributed by atoms with Gasteiger partial charge in [0.15, 0.2) is 5.75 Å². The molecule has 1 heterocycles. The summed E-state index contributed by atoms with van der Waals surface area (Å²) < 4.78 is 16.7. The SMILES string of the molecule is Cc1cc(Cl)c(OCCOc2ccc(CC(CNC(=O)O)C(=O)N3CCOCC3)cc2)c(Cl)c1. The van der Waals surface area contributed by atoms with Crippen molar-refractivity contribution in [3.8, 4) is 11.5 Å². The van der Waals surface area contributed by atoms with Gasteiger partial charge < -0.3 is 29.5 Å². The number of rotatable bonds is 10. The Morgan fingerprint density at radius 2 is 1.71 bits per heavy atom. The third kappa shape index (κ3) is 7.68.